The summed E-state index contributed by atoms with van der Waals surface area (Å²) in [6, 6.07) is 82.2. The lowest BCUT2D eigenvalue weighted by Gasteiger charge is -2.40. The lowest BCUT2D eigenvalue weighted by Crippen LogP contribution is -2.27. The van der Waals surface area contributed by atoms with E-state index in [1.165, 1.54) is 44.5 Å². The van der Waals surface area contributed by atoms with Crippen LogP contribution >= 0.6 is 0 Å². The number of nitrogens with zero attached hydrogens (tertiary/aromatic N) is 3. The molecule has 0 atom stereocenters. The molecule has 3 nitrogen and oxygen atoms in total. The second-order valence-electron chi connectivity index (χ2n) is 15.3. The van der Waals surface area contributed by atoms with Crippen LogP contribution in [0.25, 0.3) is 22.3 Å². The topological polar surface area (TPSA) is 9.72 Å². The van der Waals surface area contributed by atoms with E-state index in [9.17, 15) is 0 Å². The molecular formula is C55H37N3. The van der Waals surface area contributed by atoms with E-state index in [1.807, 2.05) is 0 Å². The molecule has 9 aromatic carbocycles. The Kier molecular flexibility index (Phi) is 7.14. The molecule has 1 aliphatic heterocycles. The molecular weight excluding hydrogens is 703 g/mol. The monoisotopic (exact) mass is 739 g/mol. The van der Waals surface area contributed by atoms with Crippen LogP contribution in [-0.4, -0.2) is 0 Å². The van der Waals surface area contributed by atoms with Gasteiger partial charge >= 0.3 is 0 Å². The van der Waals surface area contributed by atoms with Gasteiger partial charge in [-0.3, -0.25) is 0 Å². The number of anilines is 9. The summed E-state index contributed by atoms with van der Waals surface area (Å²) in [5.74, 6) is 0. The molecule has 0 saturated heterocycles. The first kappa shape index (κ1) is 32.6. The number of benzene rings is 9. The summed E-state index contributed by atoms with van der Waals surface area (Å²) in [6.45, 7) is 0. The van der Waals surface area contributed by atoms with Gasteiger partial charge in [0.25, 0.3) is 0 Å². The highest BCUT2D eigenvalue weighted by Gasteiger charge is 2.52. The van der Waals surface area contributed by atoms with Crippen molar-refractivity contribution in [3.63, 3.8) is 0 Å². The van der Waals surface area contributed by atoms with Gasteiger partial charge in [0.15, 0.2) is 0 Å². The fraction of sp³-hybridized carbons (Fsp3) is 0.0182. The molecule has 3 aliphatic rings. The average molecular weight is 740 g/mol. The molecule has 1 heterocycles. The largest absolute Gasteiger partial charge is 0.310 e. The predicted octanol–water partition coefficient (Wildman–Crippen LogP) is 14.8. The van der Waals surface area contributed by atoms with Gasteiger partial charge in [0.1, 0.15) is 0 Å². The Labute approximate surface area is 339 Å². The fourth-order valence-corrected chi connectivity index (χ4v) is 10.1. The van der Waals surface area contributed by atoms with Crippen LogP contribution in [0.2, 0.25) is 0 Å². The Morgan fingerprint density at radius 1 is 0.276 bits per heavy atom. The summed E-state index contributed by atoms with van der Waals surface area (Å²) in [5, 5.41) is 0. The van der Waals surface area contributed by atoms with Gasteiger partial charge in [-0.1, -0.05) is 140 Å². The van der Waals surface area contributed by atoms with Crippen LogP contribution in [0.4, 0.5) is 51.2 Å². The minimum atomic E-state index is -0.534. The van der Waals surface area contributed by atoms with Gasteiger partial charge in [-0.25, -0.2) is 0 Å². The van der Waals surface area contributed by atoms with Crippen LogP contribution in [0, 0.1) is 0 Å². The quantitative estimate of drug-likeness (QED) is 0.174. The van der Waals surface area contributed by atoms with E-state index in [1.54, 1.807) is 0 Å². The molecule has 2 aliphatic carbocycles. The van der Waals surface area contributed by atoms with Crippen molar-refractivity contribution in [3.05, 3.63) is 247 Å². The Bertz CT molecular complexity index is 2900. The lowest BCUT2D eigenvalue weighted by molar-refractivity contribution is 0.793. The normalized spacial score (nSPS) is 13.6. The minimum Gasteiger partial charge on any atom is -0.310 e. The zero-order valence-electron chi connectivity index (χ0n) is 31.7. The number of rotatable bonds is 5. The second kappa shape index (κ2) is 12.7. The highest BCUT2D eigenvalue weighted by molar-refractivity contribution is 6.03. The smallest absolute Gasteiger partial charge is 0.0727 e. The Balaban J connectivity index is 1.12. The Hall–Kier alpha value is -7.62. The standard InChI is InChI=1S/C55H37N3/c1-4-18-38(19-5-1)56(39-20-6-2-7-21-39)41-32-34-45-46-35-33-42(37-50(46)55(49(45)36-41)47-26-12-10-24-43(47)44-25-11-13-27-48(44)55)58-53-30-16-14-28-51(53)57(40-22-8-3-9-23-40)52-29-15-17-31-54(52)58/h1-37H. The molecule has 0 fully saturated rings. The van der Waals surface area contributed by atoms with E-state index < -0.39 is 5.41 Å². The summed E-state index contributed by atoms with van der Waals surface area (Å²) in [5.41, 5.74) is 20.1. The van der Waals surface area contributed by atoms with E-state index in [4.69, 9.17) is 0 Å². The fourth-order valence-electron chi connectivity index (χ4n) is 10.1. The van der Waals surface area contributed by atoms with Crippen molar-refractivity contribution < 1.29 is 0 Å². The van der Waals surface area contributed by atoms with Gasteiger partial charge in [-0.2, -0.15) is 0 Å². The van der Waals surface area contributed by atoms with Gasteiger partial charge in [-0.15, -0.1) is 0 Å². The first-order valence-electron chi connectivity index (χ1n) is 20.0. The van der Waals surface area contributed by atoms with Crippen LogP contribution in [0.15, 0.2) is 224 Å². The van der Waals surface area contributed by atoms with Crippen molar-refractivity contribution in [1.29, 1.82) is 0 Å². The Morgan fingerprint density at radius 2 is 0.672 bits per heavy atom. The minimum absolute atomic E-state index is 0.534. The summed E-state index contributed by atoms with van der Waals surface area (Å²) in [6.07, 6.45) is 0. The molecule has 1 spiro atoms. The number of para-hydroxylation sites is 7. The van der Waals surface area contributed by atoms with Crippen LogP contribution < -0.4 is 14.7 Å². The number of hydrogen-bond acceptors (Lipinski definition) is 3. The predicted molar refractivity (Wildman–Crippen MR) is 240 cm³/mol. The van der Waals surface area contributed by atoms with Gasteiger partial charge in [0, 0.05) is 28.4 Å². The van der Waals surface area contributed by atoms with Crippen molar-refractivity contribution in [2.75, 3.05) is 14.7 Å². The van der Waals surface area contributed by atoms with E-state index >= 15 is 0 Å². The third-order valence-corrected chi connectivity index (χ3v) is 12.3. The molecule has 0 N–H and O–H groups in total. The van der Waals surface area contributed by atoms with Gasteiger partial charge in [-0.05, 0) is 129 Å². The lowest BCUT2D eigenvalue weighted by atomic mass is 9.70. The third-order valence-electron chi connectivity index (χ3n) is 12.3. The maximum Gasteiger partial charge on any atom is 0.0727 e. The first-order chi connectivity index (χ1) is 28.8. The summed E-state index contributed by atoms with van der Waals surface area (Å²) < 4.78 is 0. The molecule has 0 amide bonds. The van der Waals surface area contributed by atoms with Gasteiger partial charge in [0.2, 0.25) is 0 Å². The molecule has 0 bridgehead atoms. The van der Waals surface area contributed by atoms with Crippen molar-refractivity contribution in [1.82, 2.24) is 0 Å². The first-order valence-corrected chi connectivity index (χ1v) is 20.0. The van der Waals surface area contributed by atoms with Crippen LogP contribution in [0.5, 0.6) is 0 Å². The highest BCUT2D eigenvalue weighted by atomic mass is 15.3. The van der Waals surface area contributed by atoms with Crippen LogP contribution in [0.3, 0.4) is 0 Å². The van der Waals surface area contributed by atoms with Crippen LogP contribution in [0.1, 0.15) is 22.3 Å². The third kappa shape index (κ3) is 4.56. The molecule has 272 valence electrons. The summed E-state index contributed by atoms with van der Waals surface area (Å²) in [4.78, 5) is 7.24. The van der Waals surface area contributed by atoms with E-state index in [0.29, 0.717) is 0 Å². The SMILES string of the molecule is c1ccc(N(c2ccccc2)c2ccc3c(c2)C2(c4ccccc4-c4ccccc42)c2cc(N4c5ccccc5N(c5ccccc5)c5ccccc54)ccc2-3)cc1. The van der Waals surface area contributed by atoms with Crippen molar-refractivity contribution >= 4 is 51.2 Å². The van der Waals surface area contributed by atoms with E-state index in [2.05, 4.69) is 239 Å². The van der Waals surface area contributed by atoms with Gasteiger partial charge in [0.05, 0.1) is 28.2 Å². The zero-order valence-corrected chi connectivity index (χ0v) is 31.7. The Morgan fingerprint density at radius 3 is 1.21 bits per heavy atom. The molecule has 9 aromatic rings. The maximum absolute atomic E-state index is 2.49. The van der Waals surface area contributed by atoms with Gasteiger partial charge < -0.3 is 14.7 Å². The maximum atomic E-state index is 2.49. The molecule has 0 saturated carbocycles. The van der Waals surface area contributed by atoms with E-state index in [0.717, 1.165) is 51.2 Å². The summed E-state index contributed by atoms with van der Waals surface area (Å²) in [7, 11) is 0. The molecule has 0 radical (unpaired) electrons. The molecule has 0 unspecified atom stereocenters. The molecule has 12 rings (SSSR count). The van der Waals surface area contributed by atoms with Crippen molar-refractivity contribution in [3.8, 4) is 22.3 Å². The average Bonchev–Trinajstić information content (AvgIpc) is 3.76. The molecule has 58 heavy (non-hydrogen) atoms. The van der Waals surface area contributed by atoms with Crippen LogP contribution in [-0.2, 0) is 5.41 Å². The summed E-state index contributed by atoms with van der Waals surface area (Å²) >= 11 is 0. The number of hydrogen-bond donors (Lipinski definition) is 0. The van der Waals surface area contributed by atoms with Crippen molar-refractivity contribution in [2.45, 2.75) is 5.41 Å². The second-order valence-corrected chi connectivity index (χ2v) is 15.3. The highest BCUT2D eigenvalue weighted by Crippen LogP contribution is 2.64. The number of fused-ring (bicyclic) bond motifs is 12. The molecule has 0 aromatic heterocycles. The van der Waals surface area contributed by atoms with E-state index in [-0.39, 0.29) is 0 Å². The molecule has 3 heteroatoms. The van der Waals surface area contributed by atoms with Crippen molar-refractivity contribution in [2.24, 2.45) is 0 Å². The zero-order chi connectivity index (χ0) is 38.2.